The molecular formula is C22H43N3O. The Labute approximate surface area is 162 Å². The van der Waals surface area contributed by atoms with Crippen LogP contribution in [0.3, 0.4) is 0 Å². The fraction of sp³-hybridized carbons (Fsp3) is 0.955. The van der Waals surface area contributed by atoms with Crippen molar-refractivity contribution in [3.05, 3.63) is 0 Å². The number of piperidine rings is 1. The minimum absolute atomic E-state index is 0.344. The summed E-state index contributed by atoms with van der Waals surface area (Å²) in [6.45, 7) is 22.0. The van der Waals surface area contributed by atoms with Crippen molar-refractivity contribution in [1.82, 2.24) is 14.7 Å². The maximum Gasteiger partial charge on any atom is 0.236 e. The lowest BCUT2D eigenvalue weighted by atomic mass is 9.72. The summed E-state index contributed by atoms with van der Waals surface area (Å²) in [5, 5.41) is 0. The number of nitrogens with zero attached hydrogens (tertiary/aromatic N) is 3. The molecule has 0 saturated carbocycles. The zero-order valence-corrected chi connectivity index (χ0v) is 18.3. The SMILES string of the molecule is CC(C)C1(C)CCN(C(=O)CN2CCN(CCCC(C)(C)C)CC2)CC1. The lowest BCUT2D eigenvalue weighted by molar-refractivity contribution is -0.135. The molecule has 2 aliphatic rings. The monoisotopic (exact) mass is 365 g/mol. The topological polar surface area (TPSA) is 26.8 Å². The number of hydrogen-bond acceptors (Lipinski definition) is 3. The van der Waals surface area contributed by atoms with E-state index in [-0.39, 0.29) is 0 Å². The summed E-state index contributed by atoms with van der Waals surface area (Å²) in [4.78, 5) is 19.7. The summed E-state index contributed by atoms with van der Waals surface area (Å²) in [6.07, 6.45) is 4.87. The van der Waals surface area contributed by atoms with E-state index < -0.39 is 0 Å². The minimum atomic E-state index is 0.344. The van der Waals surface area contributed by atoms with Gasteiger partial charge in [-0.25, -0.2) is 0 Å². The van der Waals surface area contributed by atoms with Gasteiger partial charge in [0.15, 0.2) is 0 Å². The predicted molar refractivity (Wildman–Crippen MR) is 110 cm³/mol. The third-order valence-corrected chi connectivity index (χ3v) is 6.88. The average molecular weight is 366 g/mol. The Kier molecular flexibility index (Phi) is 7.55. The smallest absolute Gasteiger partial charge is 0.236 e. The van der Waals surface area contributed by atoms with Gasteiger partial charge in [-0.2, -0.15) is 0 Å². The van der Waals surface area contributed by atoms with Crippen molar-refractivity contribution in [3.63, 3.8) is 0 Å². The van der Waals surface area contributed by atoms with E-state index in [2.05, 4.69) is 56.2 Å². The van der Waals surface area contributed by atoms with Crippen LogP contribution in [0.25, 0.3) is 0 Å². The zero-order chi connectivity index (χ0) is 19.4. The second-order valence-corrected chi connectivity index (χ2v) is 10.5. The van der Waals surface area contributed by atoms with Gasteiger partial charge in [-0.1, -0.05) is 41.5 Å². The Hall–Kier alpha value is -0.610. The van der Waals surface area contributed by atoms with E-state index in [1.54, 1.807) is 0 Å². The fourth-order valence-corrected chi connectivity index (χ4v) is 4.14. The molecule has 26 heavy (non-hydrogen) atoms. The lowest BCUT2D eigenvalue weighted by Crippen LogP contribution is -2.52. The molecule has 0 bridgehead atoms. The molecule has 152 valence electrons. The number of piperazine rings is 1. The zero-order valence-electron chi connectivity index (χ0n) is 18.3. The van der Waals surface area contributed by atoms with Gasteiger partial charge in [0.05, 0.1) is 6.54 Å². The van der Waals surface area contributed by atoms with Crippen molar-refractivity contribution in [2.75, 3.05) is 52.4 Å². The third-order valence-electron chi connectivity index (χ3n) is 6.88. The van der Waals surface area contributed by atoms with Crippen molar-refractivity contribution >= 4 is 5.91 Å². The quantitative estimate of drug-likeness (QED) is 0.718. The fourth-order valence-electron chi connectivity index (χ4n) is 4.14. The predicted octanol–water partition coefficient (Wildman–Crippen LogP) is 3.72. The average Bonchev–Trinajstić information content (AvgIpc) is 2.56. The Morgan fingerprint density at radius 3 is 2.00 bits per heavy atom. The molecule has 0 unspecified atom stereocenters. The van der Waals surface area contributed by atoms with E-state index in [0.29, 0.717) is 29.2 Å². The van der Waals surface area contributed by atoms with Crippen molar-refractivity contribution in [1.29, 1.82) is 0 Å². The highest BCUT2D eigenvalue weighted by Crippen LogP contribution is 2.38. The van der Waals surface area contributed by atoms with Crippen LogP contribution in [0.2, 0.25) is 0 Å². The van der Waals surface area contributed by atoms with Gasteiger partial charge >= 0.3 is 0 Å². The van der Waals surface area contributed by atoms with Gasteiger partial charge in [0.1, 0.15) is 0 Å². The Morgan fingerprint density at radius 1 is 0.962 bits per heavy atom. The van der Waals surface area contributed by atoms with Crippen LogP contribution in [0.15, 0.2) is 0 Å². The van der Waals surface area contributed by atoms with Crippen LogP contribution in [0, 0.1) is 16.7 Å². The number of rotatable bonds is 6. The van der Waals surface area contributed by atoms with Crippen LogP contribution in [-0.4, -0.2) is 73.0 Å². The highest BCUT2D eigenvalue weighted by Gasteiger charge is 2.34. The molecule has 4 heteroatoms. The molecule has 0 radical (unpaired) electrons. The van der Waals surface area contributed by atoms with E-state index >= 15 is 0 Å². The first-order chi connectivity index (χ1) is 12.1. The molecule has 4 nitrogen and oxygen atoms in total. The van der Waals surface area contributed by atoms with Gasteiger partial charge in [0.25, 0.3) is 0 Å². The Bertz CT molecular complexity index is 439. The lowest BCUT2D eigenvalue weighted by Gasteiger charge is -2.43. The molecule has 0 aromatic carbocycles. The van der Waals surface area contributed by atoms with Gasteiger partial charge < -0.3 is 9.80 Å². The molecule has 2 rings (SSSR count). The van der Waals surface area contributed by atoms with E-state index in [4.69, 9.17) is 0 Å². The van der Waals surface area contributed by atoms with E-state index in [1.807, 2.05) is 0 Å². The molecule has 0 N–H and O–H groups in total. The number of hydrogen-bond donors (Lipinski definition) is 0. The highest BCUT2D eigenvalue weighted by molar-refractivity contribution is 5.78. The third kappa shape index (κ3) is 6.53. The van der Waals surface area contributed by atoms with Crippen LogP contribution in [0.1, 0.15) is 67.2 Å². The summed E-state index contributed by atoms with van der Waals surface area (Å²) in [6, 6.07) is 0. The summed E-state index contributed by atoms with van der Waals surface area (Å²) in [7, 11) is 0. The Morgan fingerprint density at radius 2 is 1.50 bits per heavy atom. The standard InChI is InChI=1S/C22H43N3O/c1-19(2)22(6)9-12-25(13-10-22)20(26)18-24-16-14-23(15-17-24)11-7-8-21(3,4)5/h19H,7-18H2,1-6H3. The molecule has 2 fully saturated rings. The summed E-state index contributed by atoms with van der Waals surface area (Å²) >= 11 is 0. The first kappa shape index (κ1) is 21.7. The molecule has 0 aromatic rings. The number of carbonyl (C=O) groups is 1. The van der Waals surface area contributed by atoms with Gasteiger partial charge in [-0.15, -0.1) is 0 Å². The second kappa shape index (κ2) is 9.05. The highest BCUT2D eigenvalue weighted by atomic mass is 16.2. The minimum Gasteiger partial charge on any atom is -0.342 e. The normalized spacial score (nSPS) is 22.8. The van der Waals surface area contributed by atoms with Gasteiger partial charge in [-0.3, -0.25) is 9.69 Å². The summed E-state index contributed by atoms with van der Waals surface area (Å²) < 4.78 is 0. The van der Waals surface area contributed by atoms with Gasteiger partial charge in [0, 0.05) is 39.3 Å². The molecule has 0 atom stereocenters. The number of carbonyl (C=O) groups excluding carboxylic acids is 1. The molecule has 2 aliphatic heterocycles. The molecule has 0 aromatic heterocycles. The number of likely N-dealkylation sites (tertiary alicyclic amines) is 1. The first-order valence-corrected chi connectivity index (χ1v) is 10.8. The van der Waals surface area contributed by atoms with Crippen LogP contribution >= 0.6 is 0 Å². The number of amides is 1. The van der Waals surface area contributed by atoms with Gasteiger partial charge in [0.2, 0.25) is 5.91 Å². The van der Waals surface area contributed by atoms with Crippen LogP contribution in [0.4, 0.5) is 0 Å². The largest absolute Gasteiger partial charge is 0.342 e. The van der Waals surface area contributed by atoms with Crippen LogP contribution < -0.4 is 0 Å². The first-order valence-electron chi connectivity index (χ1n) is 10.8. The van der Waals surface area contributed by atoms with Gasteiger partial charge in [-0.05, 0) is 49.0 Å². The van der Waals surface area contributed by atoms with Crippen LogP contribution in [0.5, 0.6) is 0 Å². The molecule has 1 amide bonds. The molecule has 0 spiro atoms. The summed E-state index contributed by atoms with van der Waals surface area (Å²) in [5.74, 6) is 1.04. The van der Waals surface area contributed by atoms with Crippen molar-refractivity contribution in [3.8, 4) is 0 Å². The summed E-state index contributed by atoms with van der Waals surface area (Å²) in [5.41, 5.74) is 0.851. The molecule has 2 heterocycles. The molecular weight excluding hydrogens is 322 g/mol. The van der Waals surface area contributed by atoms with Crippen molar-refractivity contribution in [2.45, 2.75) is 67.2 Å². The van der Waals surface area contributed by atoms with E-state index in [9.17, 15) is 4.79 Å². The Balaban J connectivity index is 1.66. The molecule has 0 aliphatic carbocycles. The van der Waals surface area contributed by atoms with Crippen LogP contribution in [-0.2, 0) is 4.79 Å². The van der Waals surface area contributed by atoms with Crippen molar-refractivity contribution in [2.24, 2.45) is 16.7 Å². The second-order valence-electron chi connectivity index (χ2n) is 10.5. The molecule has 2 saturated heterocycles. The van der Waals surface area contributed by atoms with Crippen molar-refractivity contribution < 1.29 is 4.79 Å². The maximum atomic E-state index is 12.7. The van der Waals surface area contributed by atoms with E-state index in [1.165, 1.54) is 19.4 Å². The maximum absolute atomic E-state index is 12.7. The van der Waals surface area contributed by atoms with E-state index in [0.717, 1.165) is 52.1 Å².